The molecular formula is C16H13FO3. The first kappa shape index (κ1) is 13.8. The van der Waals surface area contributed by atoms with Gasteiger partial charge in [0.15, 0.2) is 0 Å². The minimum absolute atomic E-state index is 0.325. The van der Waals surface area contributed by atoms with Gasteiger partial charge in [-0.25, -0.2) is 9.18 Å². The van der Waals surface area contributed by atoms with Crippen LogP contribution in [0.2, 0.25) is 0 Å². The van der Waals surface area contributed by atoms with Crippen LogP contribution in [0.1, 0.15) is 11.1 Å². The van der Waals surface area contributed by atoms with E-state index in [2.05, 4.69) is 0 Å². The molecule has 1 N–H and O–H groups in total. The van der Waals surface area contributed by atoms with E-state index in [0.717, 1.165) is 6.08 Å². The molecule has 20 heavy (non-hydrogen) atoms. The number of carboxylic acid groups (broad SMARTS) is 1. The highest BCUT2D eigenvalue weighted by Gasteiger charge is 2.05. The van der Waals surface area contributed by atoms with Gasteiger partial charge in [-0.3, -0.25) is 0 Å². The third-order valence-electron chi connectivity index (χ3n) is 2.68. The molecule has 0 heterocycles. The third-order valence-corrected chi connectivity index (χ3v) is 2.68. The molecule has 0 aliphatic rings. The van der Waals surface area contributed by atoms with Gasteiger partial charge in [0.05, 0.1) is 0 Å². The molecule has 0 aliphatic heterocycles. The van der Waals surface area contributed by atoms with Crippen LogP contribution in [0.5, 0.6) is 11.5 Å². The minimum Gasteiger partial charge on any atom is -0.478 e. The van der Waals surface area contributed by atoms with Crippen LogP contribution in [-0.4, -0.2) is 11.1 Å². The number of halogens is 1. The van der Waals surface area contributed by atoms with Crippen molar-refractivity contribution >= 4 is 12.0 Å². The Balaban J connectivity index is 2.31. The summed E-state index contributed by atoms with van der Waals surface area (Å²) in [6, 6.07) is 11.3. The fourth-order valence-electron chi connectivity index (χ4n) is 1.72. The van der Waals surface area contributed by atoms with Crippen LogP contribution in [-0.2, 0) is 4.79 Å². The zero-order chi connectivity index (χ0) is 14.5. The zero-order valence-corrected chi connectivity index (χ0v) is 10.8. The highest BCUT2D eigenvalue weighted by atomic mass is 19.1. The van der Waals surface area contributed by atoms with Crippen molar-refractivity contribution in [2.75, 3.05) is 0 Å². The molecule has 0 aliphatic carbocycles. The van der Waals surface area contributed by atoms with E-state index in [1.165, 1.54) is 18.2 Å². The van der Waals surface area contributed by atoms with E-state index in [1.807, 2.05) is 0 Å². The van der Waals surface area contributed by atoms with Crippen molar-refractivity contribution in [3.8, 4) is 11.5 Å². The van der Waals surface area contributed by atoms with Crippen LogP contribution in [0.4, 0.5) is 4.39 Å². The highest BCUT2D eigenvalue weighted by molar-refractivity contribution is 5.85. The summed E-state index contributed by atoms with van der Waals surface area (Å²) < 4.78 is 18.8. The molecule has 0 amide bonds. The fraction of sp³-hybridized carbons (Fsp3) is 0.0625. The second-order valence-electron chi connectivity index (χ2n) is 4.22. The van der Waals surface area contributed by atoms with Crippen molar-refractivity contribution in [3.63, 3.8) is 0 Å². The molecule has 0 radical (unpaired) electrons. The number of carboxylic acids is 1. The van der Waals surface area contributed by atoms with Gasteiger partial charge in [0.1, 0.15) is 17.3 Å². The molecule has 0 spiro atoms. The van der Waals surface area contributed by atoms with E-state index in [1.54, 1.807) is 37.3 Å². The summed E-state index contributed by atoms with van der Waals surface area (Å²) in [6.07, 6.45) is 2.50. The van der Waals surface area contributed by atoms with Gasteiger partial charge in [0.2, 0.25) is 0 Å². The Bertz CT molecular complexity index is 663. The van der Waals surface area contributed by atoms with Gasteiger partial charge in [-0.05, 0) is 42.8 Å². The minimum atomic E-state index is -1.03. The molecule has 0 saturated carbocycles. The number of benzene rings is 2. The number of aryl methyl sites for hydroxylation is 1. The lowest BCUT2D eigenvalue weighted by Gasteiger charge is -2.11. The SMILES string of the molecule is Cc1cc(F)ccc1Oc1ccccc1/C=C/C(=O)O. The van der Waals surface area contributed by atoms with Crippen LogP contribution < -0.4 is 4.74 Å². The Morgan fingerprint density at radius 1 is 1.20 bits per heavy atom. The van der Waals surface area contributed by atoms with Gasteiger partial charge in [-0.1, -0.05) is 18.2 Å². The maximum Gasteiger partial charge on any atom is 0.328 e. The highest BCUT2D eigenvalue weighted by Crippen LogP contribution is 2.28. The summed E-state index contributed by atoms with van der Waals surface area (Å²) in [7, 11) is 0. The van der Waals surface area contributed by atoms with Crippen LogP contribution >= 0.6 is 0 Å². The Morgan fingerprint density at radius 2 is 1.95 bits per heavy atom. The quantitative estimate of drug-likeness (QED) is 0.855. The first-order valence-corrected chi connectivity index (χ1v) is 6.00. The Hall–Kier alpha value is -2.62. The number of hydrogen-bond donors (Lipinski definition) is 1. The molecule has 2 aromatic rings. The lowest BCUT2D eigenvalue weighted by molar-refractivity contribution is -0.131. The van der Waals surface area contributed by atoms with Gasteiger partial charge < -0.3 is 9.84 Å². The molecule has 0 fully saturated rings. The molecule has 2 rings (SSSR count). The van der Waals surface area contributed by atoms with E-state index in [0.29, 0.717) is 22.6 Å². The van der Waals surface area contributed by atoms with Gasteiger partial charge in [-0.15, -0.1) is 0 Å². The molecule has 2 aromatic carbocycles. The molecule has 4 heteroatoms. The van der Waals surface area contributed by atoms with Crippen LogP contribution in [0.3, 0.4) is 0 Å². The van der Waals surface area contributed by atoms with Crippen molar-refractivity contribution in [2.24, 2.45) is 0 Å². The summed E-state index contributed by atoms with van der Waals surface area (Å²) in [4.78, 5) is 10.6. The maximum atomic E-state index is 13.0. The van der Waals surface area contributed by atoms with E-state index in [9.17, 15) is 9.18 Å². The average Bonchev–Trinajstić information content (AvgIpc) is 2.41. The van der Waals surface area contributed by atoms with Crippen LogP contribution in [0.25, 0.3) is 6.08 Å². The second kappa shape index (κ2) is 6.02. The van der Waals surface area contributed by atoms with E-state index in [-0.39, 0.29) is 5.82 Å². The van der Waals surface area contributed by atoms with E-state index < -0.39 is 5.97 Å². The van der Waals surface area contributed by atoms with E-state index in [4.69, 9.17) is 9.84 Å². The topological polar surface area (TPSA) is 46.5 Å². The zero-order valence-electron chi connectivity index (χ0n) is 10.8. The largest absolute Gasteiger partial charge is 0.478 e. The van der Waals surface area contributed by atoms with Gasteiger partial charge in [0.25, 0.3) is 0 Å². The van der Waals surface area contributed by atoms with Crippen molar-refractivity contribution in [3.05, 3.63) is 65.5 Å². The Morgan fingerprint density at radius 3 is 2.65 bits per heavy atom. The third kappa shape index (κ3) is 3.45. The van der Waals surface area contributed by atoms with Crippen molar-refractivity contribution in [2.45, 2.75) is 6.92 Å². The predicted molar refractivity (Wildman–Crippen MR) is 74.3 cm³/mol. The summed E-state index contributed by atoms with van der Waals surface area (Å²) in [6.45, 7) is 1.74. The first-order chi connectivity index (χ1) is 9.56. The average molecular weight is 272 g/mol. The number of rotatable bonds is 4. The molecule has 0 bridgehead atoms. The fourth-order valence-corrected chi connectivity index (χ4v) is 1.72. The van der Waals surface area contributed by atoms with Crippen LogP contribution in [0, 0.1) is 12.7 Å². The van der Waals surface area contributed by atoms with Crippen molar-refractivity contribution < 1.29 is 19.0 Å². The number of aliphatic carboxylic acids is 1. The molecule has 0 atom stereocenters. The van der Waals surface area contributed by atoms with Gasteiger partial charge in [-0.2, -0.15) is 0 Å². The molecule has 0 unspecified atom stereocenters. The van der Waals surface area contributed by atoms with E-state index >= 15 is 0 Å². The van der Waals surface area contributed by atoms with Crippen molar-refractivity contribution in [1.82, 2.24) is 0 Å². The summed E-state index contributed by atoms with van der Waals surface area (Å²) in [5, 5.41) is 8.66. The predicted octanol–water partition coefficient (Wildman–Crippen LogP) is 4.02. The Labute approximate surface area is 115 Å². The number of para-hydroxylation sites is 1. The lowest BCUT2D eigenvalue weighted by Crippen LogP contribution is -1.91. The standard InChI is InChI=1S/C16H13FO3/c1-11-10-13(17)7-8-14(11)20-15-5-3-2-4-12(15)6-9-16(18)19/h2-10H,1H3,(H,18,19)/b9-6+. The second-order valence-corrected chi connectivity index (χ2v) is 4.22. The number of hydrogen-bond acceptors (Lipinski definition) is 2. The number of ether oxygens (including phenoxy) is 1. The van der Waals surface area contributed by atoms with Crippen molar-refractivity contribution in [1.29, 1.82) is 0 Å². The Kier molecular flexibility index (Phi) is 4.15. The summed E-state index contributed by atoms with van der Waals surface area (Å²) >= 11 is 0. The molecule has 0 aromatic heterocycles. The summed E-state index contributed by atoms with van der Waals surface area (Å²) in [5.41, 5.74) is 1.31. The number of carbonyl (C=O) groups is 1. The monoisotopic (exact) mass is 272 g/mol. The summed E-state index contributed by atoms with van der Waals surface area (Å²) in [5.74, 6) is -0.311. The maximum absolute atomic E-state index is 13.0. The smallest absolute Gasteiger partial charge is 0.328 e. The molecule has 0 saturated heterocycles. The molecule has 102 valence electrons. The molecule has 3 nitrogen and oxygen atoms in total. The lowest BCUT2D eigenvalue weighted by atomic mass is 10.1. The molecular weight excluding hydrogens is 259 g/mol. The normalized spacial score (nSPS) is 10.7. The first-order valence-electron chi connectivity index (χ1n) is 6.00. The van der Waals surface area contributed by atoms with Crippen LogP contribution in [0.15, 0.2) is 48.5 Å². The van der Waals surface area contributed by atoms with Gasteiger partial charge in [0, 0.05) is 11.6 Å². The van der Waals surface area contributed by atoms with Gasteiger partial charge >= 0.3 is 5.97 Å².